The standard InChI is InChI=1S/C20H20Cl2N2O3/c21-16-7-4-8-17(22)18(16)20(26)24-11-15-9-13(12-27-15)10-23-19(25)14-5-2-1-3-6-14/h1-8,13,15H,9-12H2,(H,23,25)(H,24,26). The van der Waals surface area contributed by atoms with Gasteiger partial charge in [-0.1, -0.05) is 47.5 Å². The molecule has 1 fully saturated rings. The van der Waals surface area contributed by atoms with Gasteiger partial charge in [0, 0.05) is 24.6 Å². The second kappa shape index (κ2) is 9.22. The summed E-state index contributed by atoms with van der Waals surface area (Å²) < 4.78 is 5.72. The predicted octanol–water partition coefficient (Wildman–Crippen LogP) is 3.56. The van der Waals surface area contributed by atoms with Crippen molar-refractivity contribution in [3.8, 4) is 0 Å². The Balaban J connectivity index is 1.43. The SMILES string of the molecule is O=C(NCC1COC(CNC(=O)c2c(Cl)cccc2Cl)C1)c1ccccc1. The smallest absolute Gasteiger partial charge is 0.254 e. The van der Waals surface area contributed by atoms with Crippen molar-refractivity contribution in [1.82, 2.24) is 10.6 Å². The predicted molar refractivity (Wildman–Crippen MR) is 105 cm³/mol. The highest BCUT2D eigenvalue weighted by Crippen LogP contribution is 2.24. The topological polar surface area (TPSA) is 67.4 Å². The lowest BCUT2D eigenvalue weighted by Gasteiger charge is -2.13. The van der Waals surface area contributed by atoms with Gasteiger partial charge >= 0.3 is 0 Å². The molecule has 2 atom stereocenters. The first-order valence-corrected chi connectivity index (χ1v) is 9.47. The molecule has 142 valence electrons. The Bertz CT molecular complexity index is 794. The third-order valence-electron chi connectivity index (χ3n) is 4.43. The molecule has 1 aliphatic rings. The zero-order chi connectivity index (χ0) is 19.2. The maximum atomic E-state index is 12.3. The second-order valence-electron chi connectivity index (χ2n) is 6.44. The fourth-order valence-electron chi connectivity index (χ4n) is 3.00. The largest absolute Gasteiger partial charge is 0.376 e. The Labute approximate surface area is 168 Å². The molecule has 0 aliphatic carbocycles. The van der Waals surface area contributed by atoms with Crippen LogP contribution >= 0.6 is 23.2 Å². The third-order valence-corrected chi connectivity index (χ3v) is 5.06. The number of hydrogen-bond acceptors (Lipinski definition) is 3. The lowest BCUT2D eigenvalue weighted by molar-refractivity contribution is 0.0843. The highest BCUT2D eigenvalue weighted by Gasteiger charge is 2.26. The van der Waals surface area contributed by atoms with E-state index in [-0.39, 0.29) is 29.4 Å². The molecule has 2 amide bonds. The Morgan fingerprint density at radius 2 is 1.59 bits per heavy atom. The maximum absolute atomic E-state index is 12.3. The van der Waals surface area contributed by atoms with Crippen molar-refractivity contribution in [2.24, 2.45) is 5.92 Å². The molecule has 27 heavy (non-hydrogen) atoms. The van der Waals surface area contributed by atoms with E-state index in [2.05, 4.69) is 10.6 Å². The number of amides is 2. The number of carbonyl (C=O) groups is 2. The number of carbonyl (C=O) groups excluding carboxylic acids is 2. The van der Waals surface area contributed by atoms with E-state index in [0.717, 1.165) is 6.42 Å². The van der Waals surface area contributed by atoms with E-state index in [1.165, 1.54) is 0 Å². The lowest BCUT2D eigenvalue weighted by atomic mass is 10.1. The van der Waals surface area contributed by atoms with E-state index >= 15 is 0 Å². The minimum absolute atomic E-state index is 0.0966. The van der Waals surface area contributed by atoms with Gasteiger partial charge in [-0.15, -0.1) is 0 Å². The zero-order valence-corrected chi connectivity index (χ0v) is 16.1. The molecule has 2 N–H and O–H groups in total. The summed E-state index contributed by atoms with van der Waals surface area (Å²) >= 11 is 12.1. The molecule has 0 aromatic heterocycles. The summed E-state index contributed by atoms with van der Waals surface area (Å²) in [6.45, 7) is 1.44. The minimum atomic E-state index is -0.324. The van der Waals surface area contributed by atoms with Crippen molar-refractivity contribution in [2.45, 2.75) is 12.5 Å². The van der Waals surface area contributed by atoms with E-state index in [0.29, 0.717) is 35.3 Å². The summed E-state index contributed by atoms with van der Waals surface area (Å²) in [5, 5.41) is 6.37. The monoisotopic (exact) mass is 406 g/mol. The second-order valence-corrected chi connectivity index (χ2v) is 7.25. The van der Waals surface area contributed by atoms with Crippen molar-refractivity contribution in [2.75, 3.05) is 19.7 Å². The fourth-order valence-corrected chi connectivity index (χ4v) is 3.57. The van der Waals surface area contributed by atoms with Gasteiger partial charge in [0.15, 0.2) is 0 Å². The van der Waals surface area contributed by atoms with Crippen LogP contribution in [0.15, 0.2) is 48.5 Å². The van der Waals surface area contributed by atoms with Crippen molar-refractivity contribution in [1.29, 1.82) is 0 Å². The van der Waals surface area contributed by atoms with Crippen LogP contribution in [-0.4, -0.2) is 37.6 Å². The molecule has 1 aliphatic heterocycles. The van der Waals surface area contributed by atoms with E-state index < -0.39 is 0 Å². The number of halogens is 2. The summed E-state index contributed by atoms with van der Waals surface area (Å²) in [7, 11) is 0. The van der Waals surface area contributed by atoms with Gasteiger partial charge in [0.25, 0.3) is 11.8 Å². The van der Waals surface area contributed by atoms with Crippen LogP contribution in [0.2, 0.25) is 10.0 Å². The summed E-state index contributed by atoms with van der Waals surface area (Å²) in [5.74, 6) is -0.209. The summed E-state index contributed by atoms with van der Waals surface area (Å²) in [6, 6.07) is 14.0. The highest BCUT2D eigenvalue weighted by atomic mass is 35.5. The van der Waals surface area contributed by atoms with Crippen molar-refractivity contribution in [3.63, 3.8) is 0 Å². The number of ether oxygens (including phenoxy) is 1. The van der Waals surface area contributed by atoms with Crippen LogP contribution in [0.1, 0.15) is 27.1 Å². The number of rotatable bonds is 6. The molecule has 7 heteroatoms. The van der Waals surface area contributed by atoms with Crippen molar-refractivity contribution < 1.29 is 14.3 Å². The van der Waals surface area contributed by atoms with Crippen LogP contribution in [0.4, 0.5) is 0 Å². The first kappa shape index (κ1) is 19.7. The van der Waals surface area contributed by atoms with Gasteiger partial charge < -0.3 is 15.4 Å². The zero-order valence-electron chi connectivity index (χ0n) is 14.6. The Morgan fingerprint density at radius 1 is 0.926 bits per heavy atom. The maximum Gasteiger partial charge on any atom is 0.254 e. The van der Waals surface area contributed by atoms with Crippen LogP contribution in [0.5, 0.6) is 0 Å². The van der Waals surface area contributed by atoms with Gasteiger partial charge in [-0.3, -0.25) is 9.59 Å². The molecule has 2 aromatic carbocycles. The molecule has 0 bridgehead atoms. The quantitative estimate of drug-likeness (QED) is 0.770. The van der Waals surface area contributed by atoms with Gasteiger partial charge in [-0.05, 0) is 30.7 Å². The molecule has 1 saturated heterocycles. The van der Waals surface area contributed by atoms with Gasteiger partial charge in [0.1, 0.15) is 0 Å². The minimum Gasteiger partial charge on any atom is -0.376 e. The van der Waals surface area contributed by atoms with E-state index in [4.69, 9.17) is 27.9 Å². The summed E-state index contributed by atoms with van der Waals surface area (Å²) in [6.07, 6.45) is 0.653. The average molecular weight is 407 g/mol. The normalized spacial score (nSPS) is 18.9. The van der Waals surface area contributed by atoms with Crippen LogP contribution in [0.3, 0.4) is 0 Å². The first-order chi connectivity index (χ1) is 13.0. The molecule has 2 aromatic rings. The molecule has 1 heterocycles. The first-order valence-electron chi connectivity index (χ1n) is 8.71. The molecule has 2 unspecified atom stereocenters. The van der Waals surface area contributed by atoms with Crippen LogP contribution in [0, 0.1) is 5.92 Å². The number of hydrogen-bond donors (Lipinski definition) is 2. The van der Waals surface area contributed by atoms with E-state index in [1.807, 2.05) is 18.2 Å². The van der Waals surface area contributed by atoms with Crippen molar-refractivity contribution >= 4 is 35.0 Å². The van der Waals surface area contributed by atoms with Gasteiger partial charge in [0.2, 0.25) is 0 Å². The summed E-state index contributed by atoms with van der Waals surface area (Å²) in [5.41, 5.74) is 0.905. The number of nitrogens with one attached hydrogen (secondary N) is 2. The molecular weight excluding hydrogens is 387 g/mol. The number of benzene rings is 2. The Morgan fingerprint density at radius 3 is 2.30 bits per heavy atom. The van der Waals surface area contributed by atoms with Gasteiger partial charge in [-0.2, -0.15) is 0 Å². The van der Waals surface area contributed by atoms with Gasteiger partial charge in [0.05, 0.1) is 28.3 Å². The molecule has 0 spiro atoms. The van der Waals surface area contributed by atoms with Crippen LogP contribution in [0.25, 0.3) is 0 Å². The highest BCUT2D eigenvalue weighted by molar-refractivity contribution is 6.39. The fraction of sp³-hybridized carbons (Fsp3) is 0.300. The molecular formula is C20H20Cl2N2O3. The lowest BCUT2D eigenvalue weighted by Crippen LogP contribution is -2.33. The average Bonchev–Trinajstić information content (AvgIpc) is 3.13. The van der Waals surface area contributed by atoms with E-state index in [9.17, 15) is 9.59 Å². The molecule has 0 radical (unpaired) electrons. The van der Waals surface area contributed by atoms with Crippen LogP contribution in [-0.2, 0) is 4.74 Å². The van der Waals surface area contributed by atoms with Crippen molar-refractivity contribution in [3.05, 3.63) is 69.7 Å². The van der Waals surface area contributed by atoms with E-state index in [1.54, 1.807) is 30.3 Å². The molecule has 0 saturated carbocycles. The van der Waals surface area contributed by atoms with Gasteiger partial charge in [-0.25, -0.2) is 0 Å². The Hall–Kier alpha value is -2.08. The molecule has 5 nitrogen and oxygen atoms in total. The molecule has 3 rings (SSSR count). The van der Waals surface area contributed by atoms with Crippen LogP contribution < -0.4 is 10.6 Å². The Kier molecular flexibility index (Phi) is 6.72. The summed E-state index contributed by atoms with van der Waals surface area (Å²) in [4.78, 5) is 24.4. The third kappa shape index (κ3) is 5.22.